The molecule has 1 N–H and O–H groups in total. The van der Waals surface area contributed by atoms with Gasteiger partial charge in [0.2, 0.25) is 6.10 Å². The van der Waals surface area contributed by atoms with E-state index in [0.717, 1.165) is 18.7 Å². The molecule has 1 aromatic carbocycles. The molecular formula is C18H23N3O2. The number of amides is 1. The zero-order valence-electron chi connectivity index (χ0n) is 13.7. The highest BCUT2D eigenvalue weighted by Crippen LogP contribution is 2.17. The Morgan fingerprint density at radius 2 is 2.22 bits per heavy atom. The highest BCUT2D eigenvalue weighted by molar-refractivity contribution is 5.93. The average molecular weight is 313 g/mol. The third-order valence-corrected chi connectivity index (χ3v) is 4.21. The van der Waals surface area contributed by atoms with Crippen LogP contribution >= 0.6 is 0 Å². The molecule has 23 heavy (non-hydrogen) atoms. The normalized spacial score (nSPS) is 17.3. The topological polar surface area (TPSA) is 55.6 Å². The molecule has 0 unspecified atom stereocenters. The van der Waals surface area contributed by atoms with Crippen LogP contribution in [0.1, 0.15) is 26.7 Å². The number of benzene rings is 1. The molecule has 1 aliphatic rings. The molecule has 0 fully saturated rings. The van der Waals surface area contributed by atoms with Gasteiger partial charge in [0, 0.05) is 31.2 Å². The lowest BCUT2D eigenvalue weighted by Crippen LogP contribution is -2.35. The van der Waals surface area contributed by atoms with Crippen molar-refractivity contribution in [2.45, 2.75) is 39.3 Å². The summed E-state index contributed by atoms with van der Waals surface area (Å²) in [5, 5.41) is 8.18. The molecule has 122 valence electrons. The predicted octanol–water partition coefficient (Wildman–Crippen LogP) is 2.95. The lowest BCUT2D eigenvalue weighted by Gasteiger charge is -2.10. The maximum atomic E-state index is 12.1. The second-order valence-electron chi connectivity index (χ2n) is 6.25. The molecule has 1 amide bonds. The number of rotatable bonds is 6. The van der Waals surface area contributed by atoms with Crippen molar-refractivity contribution in [1.82, 2.24) is 9.88 Å². The number of oxime groups is 1. The SMILES string of the molecule is CC(C)C1=NO[C@H](C(=O)NCCCn2ccc3ccccc32)C1. The fourth-order valence-corrected chi connectivity index (χ4v) is 2.79. The summed E-state index contributed by atoms with van der Waals surface area (Å²) < 4.78 is 2.22. The lowest BCUT2D eigenvalue weighted by atomic mass is 10.0. The van der Waals surface area contributed by atoms with E-state index in [1.165, 1.54) is 10.9 Å². The predicted molar refractivity (Wildman–Crippen MR) is 91.3 cm³/mol. The quantitative estimate of drug-likeness (QED) is 0.834. The standard InChI is InChI=1S/C18H23N3O2/c1-13(2)15-12-17(23-20-15)18(22)19-9-5-10-21-11-8-14-6-3-4-7-16(14)21/h3-4,6-8,11,13,17H,5,9-10,12H2,1-2H3,(H,19,22)/t17-/m0/s1. The molecule has 0 bridgehead atoms. The Balaban J connectivity index is 1.43. The Bertz CT molecular complexity index is 718. The number of hydrogen-bond donors (Lipinski definition) is 1. The number of fused-ring (bicyclic) bond motifs is 1. The van der Waals surface area contributed by atoms with Crippen molar-refractivity contribution in [1.29, 1.82) is 0 Å². The number of hydrogen-bond acceptors (Lipinski definition) is 3. The number of aryl methyl sites for hydroxylation is 1. The smallest absolute Gasteiger partial charge is 0.264 e. The molecular weight excluding hydrogens is 290 g/mol. The van der Waals surface area contributed by atoms with Crippen LogP contribution in [0.3, 0.4) is 0 Å². The highest BCUT2D eigenvalue weighted by Gasteiger charge is 2.28. The Morgan fingerprint density at radius 3 is 3.00 bits per heavy atom. The third kappa shape index (κ3) is 3.55. The van der Waals surface area contributed by atoms with Crippen LogP contribution in [0.2, 0.25) is 0 Å². The minimum atomic E-state index is -0.459. The van der Waals surface area contributed by atoms with Crippen LogP contribution in [0.4, 0.5) is 0 Å². The van der Waals surface area contributed by atoms with E-state index >= 15 is 0 Å². The second kappa shape index (κ2) is 6.86. The molecule has 1 aromatic heterocycles. The van der Waals surface area contributed by atoms with Gasteiger partial charge in [0.25, 0.3) is 5.91 Å². The summed E-state index contributed by atoms with van der Waals surface area (Å²) in [5.41, 5.74) is 2.19. The van der Waals surface area contributed by atoms with Gasteiger partial charge >= 0.3 is 0 Å². The first-order valence-electron chi connectivity index (χ1n) is 8.19. The molecule has 0 saturated heterocycles. The van der Waals surface area contributed by atoms with Crippen LogP contribution in [-0.2, 0) is 16.2 Å². The number of carbonyl (C=O) groups excluding carboxylic acids is 1. The summed E-state index contributed by atoms with van der Waals surface area (Å²) in [6.45, 7) is 5.64. The number of para-hydroxylation sites is 1. The van der Waals surface area contributed by atoms with Gasteiger partial charge in [-0.15, -0.1) is 0 Å². The number of carbonyl (C=O) groups is 1. The van der Waals surface area contributed by atoms with Gasteiger partial charge in [0.15, 0.2) is 0 Å². The van der Waals surface area contributed by atoms with Crippen LogP contribution in [0, 0.1) is 5.92 Å². The first-order valence-corrected chi connectivity index (χ1v) is 8.19. The summed E-state index contributed by atoms with van der Waals surface area (Å²) in [5.74, 6) is 0.261. The molecule has 1 atom stereocenters. The molecule has 0 spiro atoms. The van der Waals surface area contributed by atoms with Crippen LogP contribution in [-0.4, -0.2) is 28.8 Å². The molecule has 2 heterocycles. The van der Waals surface area contributed by atoms with E-state index in [1.807, 2.05) is 12.1 Å². The number of aromatic nitrogens is 1. The zero-order valence-corrected chi connectivity index (χ0v) is 13.7. The van der Waals surface area contributed by atoms with E-state index < -0.39 is 6.10 Å². The minimum absolute atomic E-state index is 0.0678. The first kappa shape index (κ1) is 15.6. The van der Waals surface area contributed by atoms with E-state index in [-0.39, 0.29) is 5.91 Å². The maximum absolute atomic E-state index is 12.1. The van der Waals surface area contributed by atoms with Crippen LogP contribution in [0.15, 0.2) is 41.7 Å². The van der Waals surface area contributed by atoms with Crippen molar-refractivity contribution in [2.75, 3.05) is 6.54 Å². The lowest BCUT2D eigenvalue weighted by molar-refractivity contribution is -0.131. The van der Waals surface area contributed by atoms with Crippen molar-refractivity contribution >= 4 is 22.5 Å². The first-order chi connectivity index (χ1) is 11.1. The second-order valence-corrected chi connectivity index (χ2v) is 6.25. The van der Waals surface area contributed by atoms with Crippen molar-refractivity contribution in [2.24, 2.45) is 11.1 Å². The summed E-state index contributed by atoms with van der Waals surface area (Å²) in [6, 6.07) is 10.4. The van der Waals surface area contributed by atoms with E-state index in [4.69, 9.17) is 4.84 Å². The zero-order chi connectivity index (χ0) is 16.2. The summed E-state index contributed by atoms with van der Waals surface area (Å²) in [4.78, 5) is 17.3. The van der Waals surface area contributed by atoms with Crippen molar-refractivity contribution < 1.29 is 9.63 Å². The molecule has 2 aromatic rings. The fourth-order valence-electron chi connectivity index (χ4n) is 2.79. The molecule has 0 saturated carbocycles. The summed E-state index contributed by atoms with van der Waals surface area (Å²) in [7, 11) is 0. The van der Waals surface area contributed by atoms with Gasteiger partial charge in [0.05, 0.1) is 5.71 Å². The largest absolute Gasteiger partial charge is 0.382 e. The Labute approximate surface area is 136 Å². The van der Waals surface area contributed by atoms with Gasteiger partial charge in [-0.1, -0.05) is 37.2 Å². The van der Waals surface area contributed by atoms with Gasteiger partial charge in [-0.3, -0.25) is 4.79 Å². The van der Waals surface area contributed by atoms with Crippen molar-refractivity contribution in [3.63, 3.8) is 0 Å². The van der Waals surface area contributed by atoms with Crippen molar-refractivity contribution in [3.05, 3.63) is 36.5 Å². The van der Waals surface area contributed by atoms with Crippen molar-refractivity contribution in [3.8, 4) is 0 Å². The molecule has 0 radical (unpaired) electrons. The summed E-state index contributed by atoms with van der Waals surface area (Å²) in [6.07, 6.45) is 3.12. The monoisotopic (exact) mass is 313 g/mol. The van der Waals surface area contributed by atoms with Crippen LogP contribution in [0.5, 0.6) is 0 Å². The summed E-state index contributed by atoms with van der Waals surface area (Å²) >= 11 is 0. The molecule has 5 heteroatoms. The molecule has 0 aliphatic carbocycles. The van der Waals surface area contributed by atoms with Gasteiger partial charge in [-0.25, -0.2) is 0 Å². The van der Waals surface area contributed by atoms with Crippen LogP contribution in [0.25, 0.3) is 10.9 Å². The number of nitrogens with one attached hydrogen (secondary N) is 1. The molecule has 5 nitrogen and oxygen atoms in total. The highest BCUT2D eigenvalue weighted by atomic mass is 16.6. The Hall–Kier alpha value is -2.30. The third-order valence-electron chi connectivity index (χ3n) is 4.21. The van der Waals surface area contributed by atoms with Crippen LogP contribution < -0.4 is 5.32 Å². The van der Waals surface area contributed by atoms with Gasteiger partial charge < -0.3 is 14.7 Å². The van der Waals surface area contributed by atoms with E-state index in [9.17, 15) is 4.79 Å². The molecule has 3 rings (SSSR count). The Morgan fingerprint density at radius 1 is 1.39 bits per heavy atom. The van der Waals surface area contributed by atoms with Gasteiger partial charge in [0.1, 0.15) is 0 Å². The maximum Gasteiger partial charge on any atom is 0.264 e. The van der Waals surface area contributed by atoms with Gasteiger partial charge in [-0.05, 0) is 29.9 Å². The van der Waals surface area contributed by atoms with Gasteiger partial charge in [-0.2, -0.15) is 0 Å². The Kier molecular flexibility index (Phi) is 4.65. The molecule has 1 aliphatic heterocycles. The van der Waals surface area contributed by atoms with E-state index in [2.05, 4.69) is 53.3 Å². The average Bonchev–Trinajstić information content (AvgIpc) is 3.19. The van der Waals surface area contributed by atoms with E-state index in [1.54, 1.807) is 0 Å². The number of nitrogens with zero attached hydrogens (tertiary/aromatic N) is 2. The minimum Gasteiger partial charge on any atom is -0.382 e. The fraction of sp³-hybridized carbons (Fsp3) is 0.444. The van der Waals surface area contributed by atoms with E-state index in [0.29, 0.717) is 18.9 Å².